The van der Waals surface area contributed by atoms with E-state index < -0.39 is 23.4 Å². The molecule has 0 aromatic carbocycles. The monoisotopic (exact) mass is 452 g/mol. The second-order valence-electron chi connectivity index (χ2n) is 7.44. The molecular weight excluding hydrogens is 428 g/mol. The van der Waals surface area contributed by atoms with Crippen molar-refractivity contribution in [2.45, 2.75) is 38.6 Å². The maximum atomic E-state index is 12.8. The number of nitrogens with one attached hydrogen (secondary N) is 1. The van der Waals surface area contributed by atoms with E-state index in [4.69, 9.17) is 9.47 Å². The van der Waals surface area contributed by atoms with Crippen LogP contribution in [0.15, 0.2) is 28.8 Å². The van der Waals surface area contributed by atoms with Crippen LogP contribution in [0, 0.1) is 5.92 Å². The summed E-state index contributed by atoms with van der Waals surface area (Å²) in [5.74, 6) is -1.17. The van der Waals surface area contributed by atoms with Gasteiger partial charge in [-0.15, -0.1) is 23.1 Å². The maximum Gasteiger partial charge on any atom is 0.355 e. The first-order valence-electron chi connectivity index (χ1n) is 9.56. The molecule has 0 saturated carbocycles. The number of hydrogen-bond donors (Lipinski definition) is 1. The summed E-state index contributed by atoms with van der Waals surface area (Å²) in [5, 5.41) is 4.27. The molecule has 162 valence electrons. The Morgan fingerprint density at radius 1 is 1.30 bits per heavy atom. The zero-order valence-corrected chi connectivity index (χ0v) is 18.6. The van der Waals surface area contributed by atoms with E-state index in [2.05, 4.69) is 5.32 Å². The third-order valence-electron chi connectivity index (χ3n) is 4.47. The largest absolute Gasteiger partial charge is 0.461 e. The predicted molar refractivity (Wildman–Crippen MR) is 113 cm³/mol. The number of nitrogens with zero attached hydrogens (tertiary/aromatic N) is 1. The molecule has 0 bridgehead atoms. The summed E-state index contributed by atoms with van der Waals surface area (Å²) < 4.78 is 10.4. The van der Waals surface area contributed by atoms with Gasteiger partial charge in [-0.25, -0.2) is 4.79 Å². The van der Waals surface area contributed by atoms with Crippen LogP contribution in [0.25, 0.3) is 0 Å². The minimum absolute atomic E-state index is 0.0830. The van der Waals surface area contributed by atoms with Crippen LogP contribution in [0.3, 0.4) is 0 Å². The van der Waals surface area contributed by atoms with Gasteiger partial charge in [-0.2, -0.15) is 0 Å². The molecule has 30 heavy (non-hydrogen) atoms. The zero-order chi connectivity index (χ0) is 21.8. The molecule has 2 aliphatic heterocycles. The van der Waals surface area contributed by atoms with Gasteiger partial charge in [0.05, 0.1) is 13.0 Å². The number of rotatable bonds is 8. The van der Waals surface area contributed by atoms with Gasteiger partial charge in [-0.05, 0) is 17.4 Å². The standard InChI is InChI=1S/C20H24N2O6S2/c1-11(2)8-28-20(26)17-13(9-27-12(3)23)10-30-19-16(18(25)22(17)19)21-15(24)7-14-5-4-6-29-14/h4-6,11,16,19H,7-10H2,1-3H3,(H,21,24)/t16-,19?/m1/s1. The molecule has 1 aromatic heterocycles. The molecule has 1 aromatic rings. The van der Waals surface area contributed by atoms with Crippen LogP contribution in [0.2, 0.25) is 0 Å². The molecule has 1 fully saturated rings. The van der Waals surface area contributed by atoms with E-state index in [9.17, 15) is 19.2 Å². The molecule has 1 N–H and O–H groups in total. The fourth-order valence-electron chi connectivity index (χ4n) is 3.08. The van der Waals surface area contributed by atoms with Crippen molar-refractivity contribution in [1.29, 1.82) is 0 Å². The first-order chi connectivity index (χ1) is 14.3. The molecule has 1 unspecified atom stereocenters. The fourth-order valence-corrected chi connectivity index (χ4v) is 5.11. The summed E-state index contributed by atoms with van der Waals surface area (Å²) in [7, 11) is 0. The highest BCUT2D eigenvalue weighted by Gasteiger charge is 2.54. The Balaban J connectivity index is 1.73. The topological polar surface area (TPSA) is 102 Å². The van der Waals surface area contributed by atoms with E-state index in [0.717, 1.165) is 4.88 Å². The molecule has 0 aliphatic carbocycles. The van der Waals surface area contributed by atoms with Gasteiger partial charge in [-0.1, -0.05) is 19.9 Å². The van der Waals surface area contributed by atoms with Crippen LogP contribution in [-0.2, 0) is 35.1 Å². The third-order valence-corrected chi connectivity index (χ3v) is 6.69. The molecule has 10 heteroatoms. The van der Waals surface area contributed by atoms with Gasteiger partial charge in [-0.3, -0.25) is 19.3 Å². The van der Waals surface area contributed by atoms with Crippen molar-refractivity contribution in [2.75, 3.05) is 19.0 Å². The van der Waals surface area contributed by atoms with Gasteiger partial charge < -0.3 is 14.8 Å². The average Bonchev–Trinajstić information content (AvgIpc) is 3.20. The minimum atomic E-state index is -0.703. The van der Waals surface area contributed by atoms with Crippen LogP contribution in [-0.4, -0.2) is 59.0 Å². The third kappa shape index (κ3) is 5.04. The van der Waals surface area contributed by atoms with E-state index in [1.165, 1.54) is 34.9 Å². The molecule has 0 radical (unpaired) electrons. The van der Waals surface area contributed by atoms with Gasteiger partial charge >= 0.3 is 11.9 Å². The van der Waals surface area contributed by atoms with Gasteiger partial charge in [0.25, 0.3) is 5.91 Å². The Morgan fingerprint density at radius 3 is 2.70 bits per heavy atom. The molecule has 2 atom stereocenters. The summed E-state index contributed by atoms with van der Waals surface area (Å²) >= 11 is 2.89. The number of esters is 2. The Bertz CT molecular complexity index is 865. The van der Waals surface area contributed by atoms with Gasteiger partial charge in [0.15, 0.2) is 0 Å². The van der Waals surface area contributed by atoms with Crippen LogP contribution in [0.1, 0.15) is 25.6 Å². The molecule has 1 saturated heterocycles. The number of thiophene rings is 1. The van der Waals surface area contributed by atoms with Crippen molar-refractivity contribution in [1.82, 2.24) is 10.2 Å². The van der Waals surface area contributed by atoms with Crippen molar-refractivity contribution < 1.29 is 28.7 Å². The Hall–Kier alpha value is -2.33. The van der Waals surface area contributed by atoms with Crippen LogP contribution >= 0.6 is 23.1 Å². The van der Waals surface area contributed by atoms with Crippen molar-refractivity contribution in [3.8, 4) is 0 Å². The molecule has 2 amide bonds. The lowest BCUT2D eigenvalue weighted by Gasteiger charge is -2.49. The van der Waals surface area contributed by atoms with Gasteiger partial charge in [0.2, 0.25) is 5.91 Å². The van der Waals surface area contributed by atoms with Crippen molar-refractivity contribution in [3.63, 3.8) is 0 Å². The lowest BCUT2D eigenvalue weighted by molar-refractivity contribution is -0.153. The highest BCUT2D eigenvalue weighted by atomic mass is 32.2. The lowest BCUT2D eigenvalue weighted by atomic mass is 10.0. The molecule has 3 heterocycles. The van der Waals surface area contributed by atoms with Crippen molar-refractivity contribution >= 4 is 46.9 Å². The average molecular weight is 453 g/mol. The quantitative estimate of drug-likeness (QED) is 0.473. The van der Waals surface area contributed by atoms with Gasteiger partial charge in [0, 0.05) is 23.1 Å². The number of ether oxygens (including phenoxy) is 2. The van der Waals surface area contributed by atoms with Crippen molar-refractivity contribution in [2.24, 2.45) is 5.92 Å². The number of fused-ring (bicyclic) bond motifs is 1. The molecular formula is C20H24N2O6S2. The van der Waals surface area contributed by atoms with Crippen LogP contribution in [0.4, 0.5) is 0 Å². The van der Waals surface area contributed by atoms with Crippen LogP contribution < -0.4 is 5.32 Å². The van der Waals surface area contributed by atoms with E-state index in [1.54, 1.807) is 0 Å². The molecule has 8 nitrogen and oxygen atoms in total. The fraction of sp³-hybridized carbons (Fsp3) is 0.500. The SMILES string of the molecule is CC(=O)OCC1=C(C(=O)OCC(C)C)N2C(=O)[C@@H](NC(=O)Cc3cccs3)C2SC1. The molecule has 2 aliphatic rings. The number of β-lactam (4-membered cyclic amide) rings is 1. The predicted octanol–water partition coefficient (Wildman–Crippen LogP) is 1.71. The van der Waals surface area contributed by atoms with Crippen molar-refractivity contribution in [3.05, 3.63) is 33.7 Å². The highest BCUT2D eigenvalue weighted by molar-refractivity contribution is 8.00. The van der Waals surface area contributed by atoms with E-state index in [1.807, 2.05) is 31.4 Å². The second kappa shape index (κ2) is 9.65. The number of carbonyl (C=O) groups excluding carboxylic acids is 4. The summed E-state index contributed by atoms with van der Waals surface area (Å²) in [5.41, 5.74) is 0.645. The number of amides is 2. The normalized spacial score (nSPS) is 20.5. The zero-order valence-electron chi connectivity index (χ0n) is 17.0. The Labute approximate surface area is 183 Å². The summed E-state index contributed by atoms with van der Waals surface area (Å²) in [6, 6.07) is 3.03. The van der Waals surface area contributed by atoms with E-state index in [0.29, 0.717) is 11.3 Å². The van der Waals surface area contributed by atoms with Gasteiger partial charge in [0.1, 0.15) is 23.7 Å². The molecule has 0 spiro atoms. The maximum absolute atomic E-state index is 12.8. The summed E-state index contributed by atoms with van der Waals surface area (Å²) in [6.07, 6.45) is 0.204. The smallest absolute Gasteiger partial charge is 0.355 e. The molecule has 3 rings (SSSR count). The Morgan fingerprint density at radius 2 is 2.07 bits per heavy atom. The van der Waals surface area contributed by atoms with E-state index in [-0.39, 0.29) is 43.1 Å². The second-order valence-corrected chi connectivity index (χ2v) is 9.57. The number of carbonyl (C=O) groups is 4. The number of hydrogen-bond acceptors (Lipinski definition) is 8. The first-order valence-corrected chi connectivity index (χ1v) is 11.5. The summed E-state index contributed by atoms with van der Waals surface area (Å²) in [6.45, 7) is 5.23. The summed E-state index contributed by atoms with van der Waals surface area (Å²) in [4.78, 5) is 51.3. The first kappa shape index (κ1) is 22.4. The number of thioether (sulfide) groups is 1. The van der Waals surface area contributed by atoms with E-state index >= 15 is 0 Å². The highest BCUT2D eigenvalue weighted by Crippen LogP contribution is 2.40. The lowest BCUT2D eigenvalue weighted by Crippen LogP contribution is -2.70. The minimum Gasteiger partial charge on any atom is -0.461 e. The Kier molecular flexibility index (Phi) is 7.19. The van der Waals surface area contributed by atoms with Crippen LogP contribution in [0.5, 0.6) is 0 Å².